The van der Waals surface area contributed by atoms with Gasteiger partial charge in [0.05, 0.1) is 31.4 Å². The van der Waals surface area contributed by atoms with Gasteiger partial charge in [-0.3, -0.25) is 4.79 Å². The SMILES string of the molecule is CCOC(=O)c1cn2c(cc1=O)-c1cc(OC)c(-c3cnc(OC)s3)cc1CC2C(C)(C)C. The smallest absolute Gasteiger partial charge is 0.343 e. The van der Waals surface area contributed by atoms with E-state index in [0.717, 1.165) is 33.7 Å². The van der Waals surface area contributed by atoms with Crippen LogP contribution in [0.2, 0.25) is 0 Å². The number of benzene rings is 1. The molecule has 0 saturated heterocycles. The summed E-state index contributed by atoms with van der Waals surface area (Å²) in [6, 6.07) is 5.65. The Labute approximate surface area is 197 Å². The molecule has 0 aliphatic carbocycles. The van der Waals surface area contributed by atoms with E-state index in [9.17, 15) is 9.59 Å². The summed E-state index contributed by atoms with van der Waals surface area (Å²) in [6.45, 7) is 8.42. The molecule has 1 atom stereocenters. The number of carbonyl (C=O) groups is 1. The first-order chi connectivity index (χ1) is 15.7. The van der Waals surface area contributed by atoms with Crippen LogP contribution in [0.15, 0.2) is 35.4 Å². The zero-order valence-electron chi connectivity index (χ0n) is 19.7. The second-order valence-corrected chi connectivity index (χ2v) is 10.0. The van der Waals surface area contributed by atoms with E-state index in [1.807, 2.05) is 10.6 Å². The lowest BCUT2D eigenvalue weighted by atomic mass is 9.78. The molecule has 1 unspecified atom stereocenters. The first-order valence-electron chi connectivity index (χ1n) is 10.8. The molecule has 4 rings (SSSR count). The van der Waals surface area contributed by atoms with E-state index >= 15 is 0 Å². The Morgan fingerprint density at radius 2 is 1.94 bits per heavy atom. The number of hydrogen-bond donors (Lipinski definition) is 0. The zero-order valence-corrected chi connectivity index (χ0v) is 20.5. The molecule has 1 aliphatic heterocycles. The van der Waals surface area contributed by atoms with Gasteiger partial charge in [-0.2, -0.15) is 0 Å². The topological polar surface area (TPSA) is 79.7 Å². The Hall–Kier alpha value is -3.13. The van der Waals surface area contributed by atoms with Gasteiger partial charge in [0.2, 0.25) is 0 Å². The van der Waals surface area contributed by atoms with Gasteiger partial charge in [0, 0.05) is 35.6 Å². The lowest BCUT2D eigenvalue weighted by Gasteiger charge is -2.39. The second-order valence-electron chi connectivity index (χ2n) is 9.05. The largest absolute Gasteiger partial charge is 0.496 e. The molecule has 0 fully saturated rings. The number of pyridine rings is 1. The molecule has 3 heterocycles. The van der Waals surface area contributed by atoms with Gasteiger partial charge in [-0.1, -0.05) is 32.1 Å². The molecule has 0 radical (unpaired) electrons. The van der Waals surface area contributed by atoms with E-state index < -0.39 is 5.97 Å². The predicted molar refractivity (Wildman–Crippen MR) is 129 cm³/mol. The van der Waals surface area contributed by atoms with E-state index in [-0.39, 0.29) is 29.1 Å². The Morgan fingerprint density at radius 1 is 1.18 bits per heavy atom. The van der Waals surface area contributed by atoms with Gasteiger partial charge in [-0.25, -0.2) is 9.78 Å². The molecule has 7 nitrogen and oxygen atoms in total. The number of esters is 1. The Morgan fingerprint density at radius 3 is 2.55 bits per heavy atom. The molecule has 174 valence electrons. The number of rotatable bonds is 5. The van der Waals surface area contributed by atoms with Crippen molar-refractivity contribution in [1.29, 1.82) is 0 Å². The highest BCUT2D eigenvalue weighted by Crippen LogP contribution is 2.46. The number of carbonyl (C=O) groups excluding carboxylic acids is 1. The monoisotopic (exact) mass is 468 g/mol. The summed E-state index contributed by atoms with van der Waals surface area (Å²) in [6.07, 6.45) is 4.18. The fourth-order valence-electron chi connectivity index (χ4n) is 4.29. The van der Waals surface area contributed by atoms with Crippen molar-refractivity contribution in [2.24, 2.45) is 5.41 Å². The molecule has 0 N–H and O–H groups in total. The lowest BCUT2D eigenvalue weighted by molar-refractivity contribution is 0.0523. The maximum absolute atomic E-state index is 12.9. The van der Waals surface area contributed by atoms with Gasteiger partial charge in [-0.05, 0) is 36.5 Å². The number of thiazole rings is 1. The minimum Gasteiger partial charge on any atom is -0.496 e. The minimum atomic E-state index is -0.594. The van der Waals surface area contributed by atoms with Gasteiger partial charge in [0.15, 0.2) is 5.43 Å². The predicted octanol–water partition coefficient (Wildman–Crippen LogP) is 4.98. The van der Waals surface area contributed by atoms with E-state index in [2.05, 4.69) is 31.8 Å². The Balaban J connectivity index is 1.94. The molecule has 33 heavy (non-hydrogen) atoms. The van der Waals surface area contributed by atoms with Gasteiger partial charge in [0.25, 0.3) is 5.19 Å². The van der Waals surface area contributed by atoms with Crippen molar-refractivity contribution in [3.63, 3.8) is 0 Å². The Bertz CT molecular complexity index is 1270. The van der Waals surface area contributed by atoms with Crippen molar-refractivity contribution in [3.8, 4) is 32.6 Å². The molecular formula is C25H28N2O5S. The van der Waals surface area contributed by atoms with Crippen LogP contribution >= 0.6 is 11.3 Å². The number of hydrogen-bond acceptors (Lipinski definition) is 7. The summed E-state index contributed by atoms with van der Waals surface area (Å²) in [7, 11) is 3.22. The van der Waals surface area contributed by atoms with Gasteiger partial charge in [0.1, 0.15) is 11.3 Å². The van der Waals surface area contributed by atoms with Crippen molar-refractivity contribution in [1.82, 2.24) is 9.55 Å². The minimum absolute atomic E-state index is 0.0334. The van der Waals surface area contributed by atoms with Gasteiger partial charge < -0.3 is 18.8 Å². The normalized spacial score (nSPS) is 14.9. The molecule has 1 aromatic carbocycles. The molecule has 0 spiro atoms. The van der Waals surface area contributed by atoms with E-state index in [1.165, 1.54) is 17.4 Å². The lowest BCUT2D eigenvalue weighted by Crippen LogP contribution is -2.33. The number of nitrogens with zero attached hydrogens (tertiary/aromatic N) is 2. The number of fused-ring (bicyclic) bond motifs is 3. The van der Waals surface area contributed by atoms with Crippen LogP contribution in [0.4, 0.5) is 0 Å². The third-order valence-corrected chi connectivity index (χ3v) is 6.94. The van der Waals surface area contributed by atoms with Crippen molar-refractivity contribution in [2.45, 2.75) is 40.2 Å². The first-order valence-corrected chi connectivity index (χ1v) is 11.6. The van der Waals surface area contributed by atoms with Crippen LogP contribution < -0.4 is 14.9 Å². The molecule has 2 aromatic heterocycles. The first kappa shape index (κ1) is 23.0. The summed E-state index contributed by atoms with van der Waals surface area (Å²) < 4.78 is 18.1. The van der Waals surface area contributed by atoms with E-state index in [4.69, 9.17) is 14.2 Å². The van der Waals surface area contributed by atoms with Crippen LogP contribution in [0.1, 0.15) is 49.7 Å². The standard InChI is InChI=1S/C25H28N2O5S/c1-7-32-23(29)17-13-27-18(11-19(17)28)15-10-20(30-5)16(21-12-26-24(31-6)33-21)8-14(15)9-22(27)25(2,3)4/h8,10-13,22H,7,9H2,1-6H3. The average molecular weight is 469 g/mol. The summed E-state index contributed by atoms with van der Waals surface area (Å²) in [5.41, 5.74) is 3.31. The molecule has 0 saturated carbocycles. The maximum Gasteiger partial charge on any atom is 0.343 e. The van der Waals surface area contributed by atoms with Crippen molar-refractivity contribution >= 4 is 17.3 Å². The summed E-state index contributed by atoms with van der Waals surface area (Å²) >= 11 is 1.45. The second kappa shape index (κ2) is 8.67. The van der Waals surface area contributed by atoms with Crippen LogP contribution in [0, 0.1) is 5.41 Å². The highest BCUT2D eigenvalue weighted by Gasteiger charge is 2.34. The molecular weight excluding hydrogens is 440 g/mol. The fourth-order valence-corrected chi connectivity index (χ4v) is 5.04. The molecule has 0 bridgehead atoms. The van der Waals surface area contributed by atoms with Gasteiger partial charge >= 0.3 is 5.97 Å². The maximum atomic E-state index is 12.9. The number of ether oxygens (including phenoxy) is 3. The average Bonchev–Trinajstić information content (AvgIpc) is 3.26. The van der Waals surface area contributed by atoms with Crippen molar-refractivity contribution < 1.29 is 19.0 Å². The summed E-state index contributed by atoms with van der Waals surface area (Å²) in [5.74, 6) is 0.0889. The molecule has 8 heteroatoms. The number of aromatic nitrogens is 2. The fraction of sp³-hybridized carbons (Fsp3) is 0.400. The number of methoxy groups -OCH3 is 2. The zero-order chi connectivity index (χ0) is 23.9. The van der Waals surface area contributed by atoms with Crippen LogP contribution in [0.3, 0.4) is 0 Å². The van der Waals surface area contributed by atoms with Crippen molar-refractivity contribution in [3.05, 3.63) is 51.9 Å². The van der Waals surface area contributed by atoms with Crippen LogP contribution in [0.5, 0.6) is 10.9 Å². The summed E-state index contributed by atoms with van der Waals surface area (Å²) in [5, 5.41) is 0.584. The highest BCUT2D eigenvalue weighted by atomic mass is 32.1. The Kier molecular flexibility index (Phi) is 6.05. The molecule has 3 aromatic rings. The van der Waals surface area contributed by atoms with E-state index in [1.54, 1.807) is 33.5 Å². The highest BCUT2D eigenvalue weighted by molar-refractivity contribution is 7.16. The third kappa shape index (κ3) is 4.15. The molecule has 0 amide bonds. The van der Waals surface area contributed by atoms with Crippen molar-refractivity contribution in [2.75, 3.05) is 20.8 Å². The third-order valence-electron chi connectivity index (χ3n) is 5.95. The summed E-state index contributed by atoms with van der Waals surface area (Å²) in [4.78, 5) is 30.5. The van der Waals surface area contributed by atoms with Crippen LogP contribution in [-0.2, 0) is 11.2 Å². The quantitative estimate of drug-likeness (QED) is 0.492. The van der Waals surface area contributed by atoms with E-state index in [0.29, 0.717) is 10.9 Å². The van der Waals surface area contributed by atoms with Crippen LogP contribution in [0.25, 0.3) is 21.7 Å². The van der Waals surface area contributed by atoms with Gasteiger partial charge in [-0.15, -0.1) is 0 Å². The van der Waals surface area contributed by atoms with Crippen LogP contribution in [-0.4, -0.2) is 36.3 Å². The molecule has 1 aliphatic rings.